The molecular formula is C13H17N3S. The molecule has 2 rings (SSSR count). The molecule has 0 amide bonds. The molecule has 90 valence electrons. The molecule has 0 saturated heterocycles. The molecule has 1 aromatic heterocycles. The predicted octanol–water partition coefficient (Wildman–Crippen LogP) is 3.33. The second kappa shape index (κ2) is 5.27. The third kappa shape index (κ3) is 2.64. The minimum atomic E-state index is 0.874. The van der Waals surface area contributed by atoms with Crippen LogP contribution in [0.3, 0.4) is 0 Å². The van der Waals surface area contributed by atoms with Crippen LogP contribution in [0.2, 0.25) is 0 Å². The van der Waals surface area contributed by atoms with Gasteiger partial charge in [-0.3, -0.25) is 4.57 Å². The SMILES string of the molecule is CCNc1nc(C)cn1-c1cccc(SC)c1. The number of nitrogens with zero attached hydrogens (tertiary/aromatic N) is 2. The van der Waals surface area contributed by atoms with E-state index in [2.05, 4.69) is 58.5 Å². The third-order valence-electron chi connectivity index (χ3n) is 2.49. The van der Waals surface area contributed by atoms with Crippen molar-refractivity contribution in [1.29, 1.82) is 0 Å². The molecule has 4 heteroatoms. The summed E-state index contributed by atoms with van der Waals surface area (Å²) in [6.45, 7) is 4.96. The normalized spacial score (nSPS) is 10.5. The number of hydrogen-bond donors (Lipinski definition) is 1. The number of anilines is 1. The summed E-state index contributed by atoms with van der Waals surface area (Å²) in [5, 5.41) is 3.28. The molecule has 0 saturated carbocycles. The zero-order valence-corrected chi connectivity index (χ0v) is 11.2. The van der Waals surface area contributed by atoms with E-state index < -0.39 is 0 Å². The molecule has 17 heavy (non-hydrogen) atoms. The lowest BCUT2D eigenvalue weighted by atomic mass is 10.3. The Hall–Kier alpha value is -1.42. The number of nitrogens with one attached hydrogen (secondary N) is 1. The van der Waals surface area contributed by atoms with Crippen LogP contribution in [-0.2, 0) is 0 Å². The molecule has 0 spiro atoms. The van der Waals surface area contributed by atoms with Gasteiger partial charge in [0.1, 0.15) is 0 Å². The fraction of sp³-hybridized carbons (Fsp3) is 0.308. The van der Waals surface area contributed by atoms with Gasteiger partial charge in [0.05, 0.1) is 5.69 Å². The molecule has 2 aromatic rings. The van der Waals surface area contributed by atoms with Crippen LogP contribution in [-0.4, -0.2) is 22.4 Å². The quantitative estimate of drug-likeness (QED) is 0.840. The number of rotatable bonds is 4. The second-order valence-corrected chi connectivity index (χ2v) is 4.69. The molecule has 1 heterocycles. The van der Waals surface area contributed by atoms with E-state index in [0.717, 1.165) is 23.9 Å². The van der Waals surface area contributed by atoms with E-state index in [9.17, 15) is 0 Å². The Bertz CT molecular complexity index is 505. The Labute approximate surface area is 106 Å². The van der Waals surface area contributed by atoms with Crippen LogP contribution in [0.1, 0.15) is 12.6 Å². The van der Waals surface area contributed by atoms with Gasteiger partial charge >= 0.3 is 0 Å². The van der Waals surface area contributed by atoms with Crippen molar-refractivity contribution in [3.05, 3.63) is 36.2 Å². The van der Waals surface area contributed by atoms with Crippen molar-refractivity contribution in [2.45, 2.75) is 18.7 Å². The van der Waals surface area contributed by atoms with Crippen molar-refractivity contribution in [2.75, 3.05) is 18.1 Å². The number of benzene rings is 1. The monoisotopic (exact) mass is 247 g/mol. The number of aryl methyl sites for hydroxylation is 1. The van der Waals surface area contributed by atoms with Crippen LogP contribution >= 0.6 is 11.8 Å². The molecular weight excluding hydrogens is 230 g/mol. The van der Waals surface area contributed by atoms with Gasteiger partial charge in [-0.25, -0.2) is 4.98 Å². The largest absolute Gasteiger partial charge is 0.356 e. The Morgan fingerprint density at radius 2 is 2.24 bits per heavy atom. The average Bonchev–Trinajstić information content (AvgIpc) is 2.71. The van der Waals surface area contributed by atoms with Crippen molar-refractivity contribution < 1.29 is 0 Å². The Kier molecular flexibility index (Phi) is 3.74. The van der Waals surface area contributed by atoms with E-state index in [0.29, 0.717) is 0 Å². The van der Waals surface area contributed by atoms with Crippen LogP contribution in [0, 0.1) is 6.92 Å². The molecule has 0 aliphatic heterocycles. The lowest BCUT2D eigenvalue weighted by molar-refractivity contribution is 1.02. The van der Waals surface area contributed by atoms with Crippen LogP contribution in [0.15, 0.2) is 35.4 Å². The van der Waals surface area contributed by atoms with E-state index in [1.165, 1.54) is 4.90 Å². The topological polar surface area (TPSA) is 29.9 Å². The summed E-state index contributed by atoms with van der Waals surface area (Å²) < 4.78 is 2.10. The zero-order chi connectivity index (χ0) is 12.3. The Morgan fingerprint density at radius 1 is 1.41 bits per heavy atom. The standard InChI is InChI=1S/C13H17N3S/c1-4-14-13-15-10(2)9-16(13)11-6-5-7-12(8-11)17-3/h5-9H,4H2,1-3H3,(H,14,15). The maximum Gasteiger partial charge on any atom is 0.207 e. The van der Waals surface area contributed by atoms with Gasteiger partial charge in [-0.2, -0.15) is 0 Å². The average molecular weight is 247 g/mol. The maximum absolute atomic E-state index is 4.48. The van der Waals surface area contributed by atoms with E-state index >= 15 is 0 Å². The summed E-state index contributed by atoms with van der Waals surface area (Å²) in [4.78, 5) is 5.74. The van der Waals surface area contributed by atoms with Gasteiger partial charge in [-0.1, -0.05) is 6.07 Å². The summed E-state index contributed by atoms with van der Waals surface area (Å²) in [6, 6.07) is 8.46. The number of aromatic nitrogens is 2. The van der Waals surface area contributed by atoms with Gasteiger partial charge in [-0.15, -0.1) is 11.8 Å². The highest BCUT2D eigenvalue weighted by Gasteiger charge is 2.06. The second-order valence-electron chi connectivity index (χ2n) is 3.81. The van der Waals surface area contributed by atoms with Crippen LogP contribution < -0.4 is 5.32 Å². The zero-order valence-electron chi connectivity index (χ0n) is 10.4. The molecule has 0 unspecified atom stereocenters. The molecule has 1 aromatic carbocycles. The molecule has 0 aliphatic carbocycles. The fourth-order valence-electron chi connectivity index (χ4n) is 1.74. The van der Waals surface area contributed by atoms with Crippen LogP contribution in [0.25, 0.3) is 5.69 Å². The van der Waals surface area contributed by atoms with Gasteiger partial charge < -0.3 is 5.32 Å². The lowest BCUT2D eigenvalue weighted by Crippen LogP contribution is -2.04. The smallest absolute Gasteiger partial charge is 0.207 e. The third-order valence-corrected chi connectivity index (χ3v) is 3.22. The van der Waals surface area contributed by atoms with Crippen molar-refractivity contribution >= 4 is 17.7 Å². The van der Waals surface area contributed by atoms with Crippen molar-refractivity contribution in [2.24, 2.45) is 0 Å². The highest BCUT2D eigenvalue weighted by molar-refractivity contribution is 7.98. The predicted molar refractivity (Wildman–Crippen MR) is 74.2 cm³/mol. The summed E-state index contributed by atoms with van der Waals surface area (Å²) in [6.07, 6.45) is 4.14. The summed E-state index contributed by atoms with van der Waals surface area (Å²) in [5.41, 5.74) is 2.17. The first kappa shape index (κ1) is 12.0. The van der Waals surface area contributed by atoms with Gasteiger partial charge in [0, 0.05) is 23.3 Å². The number of thioether (sulfide) groups is 1. The van der Waals surface area contributed by atoms with E-state index in [1.54, 1.807) is 11.8 Å². The first-order chi connectivity index (χ1) is 8.24. The highest BCUT2D eigenvalue weighted by atomic mass is 32.2. The van der Waals surface area contributed by atoms with Crippen LogP contribution in [0.5, 0.6) is 0 Å². The Morgan fingerprint density at radius 3 is 2.94 bits per heavy atom. The van der Waals surface area contributed by atoms with E-state index in [-0.39, 0.29) is 0 Å². The number of imidazole rings is 1. The molecule has 0 bridgehead atoms. The number of hydrogen-bond acceptors (Lipinski definition) is 3. The first-order valence-corrected chi connectivity index (χ1v) is 6.91. The van der Waals surface area contributed by atoms with Gasteiger partial charge in [0.2, 0.25) is 5.95 Å². The molecule has 1 N–H and O–H groups in total. The van der Waals surface area contributed by atoms with Gasteiger partial charge in [-0.05, 0) is 38.3 Å². The molecule has 0 radical (unpaired) electrons. The molecule has 3 nitrogen and oxygen atoms in total. The molecule has 0 aliphatic rings. The summed E-state index contributed by atoms with van der Waals surface area (Å²) in [5.74, 6) is 0.906. The van der Waals surface area contributed by atoms with Crippen molar-refractivity contribution in [3.63, 3.8) is 0 Å². The first-order valence-electron chi connectivity index (χ1n) is 5.69. The Balaban J connectivity index is 2.43. The molecule has 0 fully saturated rings. The van der Waals surface area contributed by atoms with E-state index in [1.807, 2.05) is 6.92 Å². The van der Waals surface area contributed by atoms with Gasteiger partial charge in [0.15, 0.2) is 0 Å². The summed E-state index contributed by atoms with van der Waals surface area (Å²) >= 11 is 1.75. The maximum atomic E-state index is 4.48. The van der Waals surface area contributed by atoms with E-state index in [4.69, 9.17) is 0 Å². The molecule has 0 atom stereocenters. The van der Waals surface area contributed by atoms with Crippen molar-refractivity contribution in [1.82, 2.24) is 9.55 Å². The van der Waals surface area contributed by atoms with Crippen molar-refractivity contribution in [3.8, 4) is 5.69 Å². The minimum absolute atomic E-state index is 0.874. The lowest BCUT2D eigenvalue weighted by Gasteiger charge is -2.09. The minimum Gasteiger partial charge on any atom is -0.356 e. The summed E-state index contributed by atoms with van der Waals surface area (Å²) in [7, 11) is 0. The van der Waals surface area contributed by atoms with Gasteiger partial charge in [0.25, 0.3) is 0 Å². The fourth-order valence-corrected chi connectivity index (χ4v) is 2.19. The highest BCUT2D eigenvalue weighted by Crippen LogP contribution is 2.21. The van der Waals surface area contributed by atoms with Crippen LogP contribution in [0.4, 0.5) is 5.95 Å².